The van der Waals surface area contributed by atoms with E-state index in [1.54, 1.807) is 0 Å². The Labute approximate surface area is 119 Å². The van der Waals surface area contributed by atoms with E-state index < -0.39 is 11.6 Å². The lowest BCUT2D eigenvalue weighted by Crippen LogP contribution is -2.33. The van der Waals surface area contributed by atoms with Gasteiger partial charge in [-0.1, -0.05) is 30.3 Å². The van der Waals surface area contributed by atoms with Crippen LogP contribution in [0.25, 0.3) is 0 Å². The summed E-state index contributed by atoms with van der Waals surface area (Å²) in [6.45, 7) is 0. The molecule has 0 spiro atoms. The summed E-state index contributed by atoms with van der Waals surface area (Å²) in [7, 11) is 0. The van der Waals surface area contributed by atoms with Crippen molar-refractivity contribution in [1.82, 2.24) is 15.4 Å². The Balaban J connectivity index is 2.40. The number of nitrogens with one attached hydrogen (secondary N) is 2. The van der Waals surface area contributed by atoms with Crippen molar-refractivity contribution in [2.75, 3.05) is 0 Å². The van der Waals surface area contributed by atoms with Gasteiger partial charge in [0.2, 0.25) is 0 Å². The topological polar surface area (TPSA) is 139 Å². The monoisotopic (exact) mass is 286 g/mol. The van der Waals surface area contributed by atoms with Gasteiger partial charge in [-0.05, 0) is 5.56 Å². The van der Waals surface area contributed by atoms with Crippen molar-refractivity contribution in [3.63, 3.8) is 0 Å². The summed E-state index contributed by atoms with van der Waals surface area (Å²) in [6, 6.07) is 9.16. The highest BCUT2D eigenvalue weighted by Gasteiger charge is 2.15. The number of benzene rings is 1. The zero-order chi connectivity index (χ0) is 15.2. The van der Waals surface area contributed by atoms with Crippen LogP contribution >= 0.6 is 0 Å². The summed E-state index contributed by atoms with van der Waals surface area (Å²) in [5.41, 5.74) is 3.12. The lowest BCUT2D eigenvalue weighted by Gasteiger charge is -2.08. The third kappa shape index (κ3) is 3.31. The predicted molar refractivity (Wildman–Crippen MR) is 77.4 cm³/mol. The molecule has 0 fully saturated rings. The molecular formula is C13H14N6O2. The van der Waals surface area contributed by atoms with Crippen molar-refractivity contribution < 1.29 is 4.79 Å². The van der Waals surface area contributed by atoms with E-state index in [0.29, 0.717) is 5.71 Å². The zero-order valence-electron chi connectivity index (χ0n) is 11.0. The maximum atomic E-state index is 11.7. The Morgan fingerprint density at radius 1 is 1.33 bits per heavy atom. The molecule has 1 aromatic heterocycles. The summed E-state index contributed by atoms with van der Waals surface area (Å²) in [5.74, 6) is 9.95. The van der Waals surface area contributed by atoms with Crippen LogP contribution in [0, 0.1) is 0 Å². The molecule has 0 saturated carbocycles. The number of amides is 1. The molecule has 1 amide bonds. The van der Waals surface area contributed by atoms with Crippen LogP contribution < -0.4 is 22.8 Å². The summed E-state index contributed by atoms with van der Waals surface area (Å²) < 4.78 is 0. The van der Waals surface area contributed by atoms with E-state index in [-0.39, 0.29) is 17.7 Å². The van der Waals surface area contributed by atoms with Crippen LogP contribution in [0.5, 0.6) is 0 Å². The van der Waals surface area contributed by atoms with Gasteiger partial charge in [0.15, 0.2) is 0 Å². The van der Waals surface area contributed by atoms with E-state index >= 15 is 0 Å². The third-order valence-electron chi connectivity index (χ3n) is 2.86. The number of carbonyl (C=O) groups excluding carboxylic acids is 1. The van der Waals surface area contributed by atoms with Gasteiger partial charge < -0.3 is 10.8 Å². The van der Waals surface area contributed by atoms with Gasteiger partial charge in [0.05, 0.1) is 17.0 Å². The molecule has 108 valence electrons. The molecule has 1 aromatic carbocycles. The first-order valence-electron chi connectivity index (χ1n) is 6.07. The lowest BCUT2D eigenvalue weighted by molar-refractivity contribution is 0.0952. The number of aromatic nitrogens is 2. The molecule has 2 rings (SSSR count). The van der Waals surface area contributed by atoms with E-state index in [2.05, 4.69) is 15.1 Å². The second-order valence-electron chi connectivity index (χ2n) is 4.16. The first kappa shape index (κ1) is 14.4. The Morgan fingerprint density at radius 3 is 2.67 bits per heavy atom. The number of hydrogen-bond acceptors (Lipinski definition) is 6. The molecule has 8 nitrogen and oxygen atoms in total. The van der Waals surface area contributed by atoms with Gasteiger partial charge >= 0.3 is 5.69 Å². The SMILES string of the molecule is NN=C(Cc1nc(=O)[nH]cc1C(=O)NN)c1ccccc1. The number of nitrogens with two attached hydrogens (primary N) is 2. The molecule has 0 aliphatic heterocycles. The van der Waals surface area contributed by atoms with Gasteiger partial charge in [-0.2, -0.15) is 10.1 Å². The van der Waals surface area contributed by atoms with Crippen molar-refractivity contribution in [2.45, 2.75) is 6.42 Å². The number of hydrazine groups is 1. The fraction of sp³-hybridized carbons (Fsp3) is 0.0769. The van der Waals surface area contributed by atoms with Crippen molar-refractivity contribution >= 4 is 11.6 Å². The van der Waals surface area contributed by atoms with Crippen LogP contribution in [0.4, 0.5) is 0 Å². The van der Waals surface area contributed by atoms with Crippen LogP contribution in [-0.2, 0) is 6.42 Å². The molecule has 1 heterocycles. The van der Waals surface area contributed by atoms with Crippen LogP contribution in [0.3, 0.4) is 0 Å². The Bertz CT molecular complexity index is 723. The van der Waals surface area contributed by atoms with Crippen molar-refractivity contribution in [2.24, 2.45) is 16.8 Å². The number of carbonyl (C=O) groups is 1. The first-order chi connectivity index (χ1) is 10.2. The van der Waals surface area contributed by atoms with Crippen molar-refractivity contribution in [1.29, 1.82) is 0 Å². The lowest BCUT2D eigenvalue weighted by atomic mass is 10.0. The Hall–Kier alpha value is -3.00. The quantitative estimate of drug-likeness (QED) is 0.254. The molecule has 21 heavy (non-hydrogen) atoms. The van der Waals surface area contributed by atoms with Gasteiger partial charge in [0, 0.05) is 12.6 Å². The number of hydrazone groups is 1. The largest absolute Gasteiger partial charge is 0.345 e. The van der Waals surface area contributed by atoms with Crippen molar-refractivity contribution in [3.05, 3.63) is 63.8 Å². The second-order valence-corrected chi connectivity index (χ2v) is 4.16. The molecule has 0 bridgehead atoms. The highest BCUT2D eigenvalue weighted by molar-refractivity contribution is 6.03. The molecule has 0 radical (unpaired) electrons. The minimum atomic E-state index is -0.567. The zero-order valence-corrected chi connectivity index (χ0v) is 11.0. The first-order valence-corrected chi connectivity index (χ1v) is 6.07. The molecule has 0 unspecified atom stereocenters. The van der Waals surface area contributed by atoms with Crippen LogP contribution in [-0.4, -0.2) is 21.6 Å². The summed E-state index contributed by atoms with van der Waals surface area (Å²) >= 11 is 0. The average molecular weight is 286 g/mol. The molecule has 0 saturated heterocycles. The number of H-pyrrole nitrogens is 1. The molecule has 6 N–H and O–H groups in total. The van der Waals surface area contributed by atoms with Crippen LogP contribution in [0.15, 0.2) is 46.4 Å². The number of nitrogens with zero attached hydrogens (tertiary/aromatic N) is 2. The summed E-state index contributed by atoms with van der Waals surface area (Å²) in [4.78, 5) is 29.2. The third-order valence-corrected chi connectivity index (χ3v) is 2.86. The molecular weight excluding hydrogens is 272 g/mol. The fourth-order valence-electron chi connectivity index (χ4n) is 1.85. The van der Waals surface area contributed by atoms with Gasteiger partial charge in [-0.25, -0.2) is 10.6 Å². The van der Waals surface area contributed by atoms with E-state index in [4.69, 9.17) is 11.7 Å². The standard InChI is InChI=1S/C13H14N6O2/c14-18-10(8-4-2-1-3-5-8)6-11-9(12(20)19-15)7-16-13(21)17-11/h1-5,7H,6,14-15H2,(H,19,20)(H,16,17,21). The molecule has 0 atom stereocenters. The van der Waals surface area contributed by atoms with Gasteiger partial charge in [-0.3, -0.25) is 10.2 Å². The maximum absolute atomic E-state index is 11.7. The van der Waals surface area contributed by atoms with Gasteiger partial charge in [-0.15, -0.1) is 0 Å². The maximum Gasteiger partial charge on any atom is 0.345 e. The highest BCUT2D eigenvalue weighted by atomic mass is 16.2. The summed E-state index contributed by atoms with van der Waals surface area (Å²) in [5, 5.41) is 3.71. The molecule has 8 heteroatoms. The predicted octanol–water partition coefficient (Wildman–Crippen LogP) is -0.721. The number of nitrogen functional groups attached to an aromatic ring is 1. The number of rotatable bonds is 4. The summed E-state index contributed by atoms with van der Waals surface area (Å²) in [6.07, 6.45) is 1.39. The van der Waals surface area contributed by atoms with E-state index in [0.717, 1.165) is 5.56 Å². The molecule has 0 aliphatic rings. The number of hydrogen-bond donors (Lipinski definition) is 4. The second kappa shape index (κ2) is 6.44. The smallest absolute Gasteiger partial charge is 0.323 e. The normalized spacial score (nSPS) is 11.2. The van der Waals surface area contributed by atoms with E-state index in [9.17, 15) is 9.59 Å². The Morgan fingerprint density at radius 2 is 2.05 bits per heavy atom. The number of aromatic amines is 1. The minimum Gasteiger partial charge on any atom is -0.323 e. The van der Waals surface area contributed by atoms with Gasteiger partial charge in [0.1, 0.15) is 0 Å². The fourth-order valence-corrected chi connectivity index (χ4v) is 1.85. The minimum absolute atomic E-state index is 0.132. The average Bonchev–Trinajstić information content (AvgIpc) is 2.53. The van der Waals surface area contributed by atoms with E-state index in [1.807, 2.05) is 35.8 Å². The Kier molecular flexibility index (Phi) is 4.42. The highest BCUT2D eigenvalue weighted by Crippen LogP contribution is 2.09. The van der Waals surface area contributed by atoms with Crippen LogP contribution in [0.1, 0.15) is 21.6 Å². The molecule has 2 aromatic rings. The van der Waals surface area contributed by atoms with E-state index in [1.165, 1.54) is 6.20 Å². The molecule has 0 aliphatic carbocycles. The van der Waals surface area contributed by atoms with Crippen LogP contribution in [0.2, 0.25) is 0 Å². The van der Waals surface area contributed by atoms with Crippen molar-refractivity contribution in [3.8, 4) is 0 Å². The van der Waals surface area contributed by atoms with Gasteiger partial charge in [0.25, 0.3) is 5.91 Å².